The van der Waals surface area contributed by atoms with E-state index in [9.17, 15) is 14.7 Å². The number of carbonyl (C=O) groups is 2. The molecule has 0 bridgehead atoms. The van der Waals surface area contributed by atoms with Crippen molar-refractivity contribution in [2.24, 2.45) is 5.92 Å². The highest BCUT2D eigenvalue weighted by Gasteiger charge is 2.41. The maximum Gasteiger partial charge on any atom is 0.388 e. The predicted octanol–water partition coefficient (Wildman–Crippen LogP) is 1.33. The van der Waals surface area contributed by atoms with Crippen molar-refractivity contribution in [3.63, 3.8) is 0 Å². The predicted molar refractivity (Wildman–Crippen MR) is 95.0 cm³/mol. The second-order valence-corrected chi connectivity index (χ2v) is 7.66. The van der Waals surface area contributed by atoms with E-state index in [0.717, 1.165) is 17.7 Å². The Kier molecular flexibility index (Phi) is 4.42. The van der Waals surface area contributed by atoms with Gasteiger partial charge in [-0.05, 0) is 55.4 Å². The number of nitrogens with zero attached hydrogens (tertiary/aromatic N) is 1. The average molecular weight is 357 g/mol. The summed E-state index contributed by atoms with van der Waals surface area (Å²) in [5.41, 5.74) is 1.57. The van der Waals surface area contributed by atoms with Crippen molar-refractivity contribution in [3.05, 3.63) is 29.3 Å². The first-order valence-corrected chi connectivity index (χ1v) is 9.49. The number of hydrogen-bond acceptors (Lipinski definition) is 3. The second-order valence-electron chi connectivity index (χ2n) is 7.66. The smallest absolute Gasteiger partial charge is 0.388 e. The number of benzene rings is 1. The molecule has 1 saturated carbocycles. The molecule has 1 fully saturated rings. The molecule has 0 aromatic heterocycles. The molecule has 1 aliphatic carbocycles. The van der Waals surface area contributed by atoms with E-state index in [1.54, 1.807) is 4.90 Å². The molecule has 2 aliphatic heterocycles. The molecule has 1 aromatic rings. The summed E-state index contributed by atoms with van der Waals surface area (Å²) in [6.45, 7) is 2.66. The Morgan fingerprint density at radius 1 is 1.19 bits per heavy atom. The fourth-order valence-electron chi connectivity index (χ4n) is 4.27. The van der Waals surface area contributed by atoms with Crippen LogP contribution in [0.1, 0.15) is 61.4 Å². The Labute approximate surface area is 152 Å². The molecule has 1 unspecified atom stereocenters. The third-order valence-corrected chi connectivity index (χ3v) is 5.83. The minimum absolute atomic E-state index is 0.106. The number of aliphatic hydroxyl groups is 1. The quantitative estimate of drug-likeness (QED) is 0.855. The number of nitrogens with one attached hydrogen (secondary N) is 1. The van der Waals surface area contributed by atoms with Crippen molar-refractivity contribution in [1.29, 1.82) is 0 Å². The van der Waals surface area contributed by atoms with E-state index >= 15 is 0 Å². The van der Waals surface area contributed by atoms with Crippen LogP contribution >= 0.6 is 0 Å². The van der Waals surface area contributed by atoms with Gasteiger partial charge < -0.3 is 14.7 Å². The van der Waals surface area contributed by atoms with E-state index in [2.05, 4.69) is 11.9 Å². The van der Waals surface area contributed by atoms with Gasteiger partial charge in [0, 0.05) is 12.1 Å². The molecule has 2 N–H and O–H groups in total. The van der Waals surface area contributed by atoms with E-state index in [1.807, 2.05) is 18.2 Å². The van der Waals surface area contributed by atoms with Crippen LogP contribution in [-0.2, 0) is 11.3 Å². The normalized spacial score (nSPS) is 28.7. The number of hydrogen-bond donors (Lipinski definition) is 2. The molecule has 26 heavy (non-hydrogen) atoms. The summed E-state index contributed by atoms with van der Waals surface area (Å²) >= 11 is 0. The standard InChI is InChI=1S/C20H24N2O4/c1-12-4-2-3-5-17(12)26-14-6-7-15-13(10-14)11-22(20(15)25)16-8-9-18(23)21-19(16)24/h6-7,10,12,16-17H,2-5,8-9,11H2,1H3,(H,21,23,24)/p+1/t12-,16?,17-/m0/s1. The van der Waals surface area contributed by atoms with Gasteiger partial charge in [-0.2, -0.15) is 0 Å². The molecule has 2 amide bonds. The van der Waals surface area contributed by atoms with E-state index in [0.29, 0.717) is 30.9 Å². The Morgan fingerprint density at radius 2 is 2.00 bits per heavy atom. The van der Waals surface area contributed by atoms with Crippen LogP contribution in [0.5, 0.6) is 5.75 Å². The van der Waals surface area contributed by atoms with Gasteiger partial charge in [0.25, 0.3) is 5.91 Å². The lowest BCUT2D eigenvalue weighted by Gasteiger charge is -2.29. The monoisotopic (exact) mass is 357 g/mol. The summed E-state index contributed by atoms with van der Waals surface area (Å²) < 4.78 is 6.20. The topological polar surface area (TPSA) is 80.8 Å². The van der Waals surface area contributed by atoms with Crippen LogP contribution in [0.3, 0.4) is 0 Å². The summed E-state index contributed by atoms with van der Waals surface area (Å²) in [4.78, 5) is 28.2. The maximum absolute atomic E-state index is 12.7. The van der Waals surface area contributed by atoms with Gasteiger partial charge in [-0.1, -0.05) is 13.3 Å². The summed E-state index contributed by atoms with van der Waals surface area (Å²) in [6, 6.07) is 5.18. The van der Waals surface area contributed by atoms with Gasteiger partial charge >= 0.3 is 11.8 Å². The third-order valence-electron chi connectivity index (χ3n) is 5.83. The van der Waals surface area contributed by atoms with Crippen molar-refractivity contribution in [2.45, 2.75) is 64.1 Å². The Hall–Kier alpha value is -2.37. The molecule has 0 radical (unpaired) electrons. The molecule has 6 heteroatoms. The molecule has 3 aliphatic rings. The molecule has 138 valence electrons. The van der Waals surface area contributed by atoms with E-state index in [4.69, 9.17) is 4.74 Å². The fraction of sp³-hybridized carbons (Fsp3) is 0.550. The first-order valence-electron chi connectivity index (χ1n) is 9.49. The van der Waals surface area contributed by atoms with E-state index in [1.165, 1.54) is 19.3 Å². The van der Waals surface area contributed by atoms with Crippen LogP contribution in [0.25, 0.3) is 0 Å². The number of aliphatic hydroxyl groups excluding tert-OH is 1. The zero-order valence-corrected chi connectivity index (χ0v) is 15.0. The van der Waals surface area contributed by atoms with Crippen molar-refractivity contribution >= 4 is 17.7 Å². The van der Waals surface area contributed by atoms with Crippen LogP contribution in [0.15, 0.2) is 18.2 Å². The lowest BCUT2D eigenvalue weighted by atomic mass is 9.88. The third kappa shape index (κ3) is 3.08. The zero-order chi connectivity index (χ0) is 18.3. The minimum atomic E-state index is -0.463. The lowest BCUT2D eigenvalue weighted by molar-refractivity contribution is -0.394. The molecule has 3 atom stereocenters. The number of amides is 2. The molecule has 1 aromatic carbocycles. The molecule has 0 saturated heterocycles. The summed E-state index contributed by atoms with van der Waals surface area (Å²) in [5.74, 6) is 0.912. The number of carbonyl (C=O) groups excluding carboxylic acids is 2. The summed E-state index contributed by atoms with van der Waals surface area (Å²) in [7, 11) is 0. The molecule has 0 spiro atoms. The molecular weight excluding hydrogens is 332 g/mol. The molecule has 4 rings (SSSR count). The van der Waals surface area contributed by atoms with Crippen LogP contribution in [0, 0.1) is 5.92 Å². The van der Waals surface area contributed by atoms with Crippen LogP contribution in [0.2, 0.25) is 0 Å². The fourth-order valence-corrected chi connectivity index (χ4v) is 4.27. The van der Waals surface area contributed by atoms with Gasteiger partial charge in [0.15, 0.2) is 6.04 Å². The number of ether oxygens (including phenoxy) is 1. The first kappa shape index (κ1) is 17.1. The Morgan fingerprint density at radius 3 is 2.77 bits per heavy atom. The lowest BCUT2D eigenvalue weighted by Crippen LogP contribution is -2.82. The Bertz CT molecular complexity index is 773. The first-order chi connectivity index (χ1) is 12.5. The van der Waals surface area contributed by atoms with Crippen molar-refractivity contribution in [3.8, 4) is 5.75 Å². The van der Waals surface area contributed by atoms with Crippen LogP contribution in [0.4, 0.5) is 0 Å². The highest BCUT2D eigenvalue weighted by molar-refractivity contribution is 6.01. The number of fused-ring (bicyclic) bond motifs is 1. The van der Waals surface area contributed by atoms with Gasteiger partial charge in [-0.15, -0.1) is 4.99 Å². The van der Waals surface area contributed by atoms with Crippen molar-refractivity contribution < 1.29 is 24.4 Å². The zero-order valence-electron chi connectivity index (χ0n) is 15.0. The van der Waals surface area contributed by atoms with Crippen LogP contribution < -0.4 is 9.73 Å². The van der Waals surface area contributed by atoms with Crippen molar-refractivity contribution in [1.82, 2.24) is 4.90 Å². The van der Waals surface area contributed by atoms with Crippen LogP contribution in [-0.4, -0.2) is 39.9 Å². The SMILES string of the molecule is C[C@H]1CCCC[C@@H]1Oc1ccc2c(c1)CN(C1CCC(=O)[NH+]=C1O)C2=O. The van der Waals surface area contributed by atoms with Gasteiger partial charge in [0.1, 0.15) is 11.9 Å². The average Bonchev–Trinajstić information content (AvgIpc) is 2.93. The van der Waals surface area contributed by atoms with Gasteiger partial charge in [-0.25, -0.2) is 4.79 Å². The van der Waals surface area contributed by atoms with E-state index in [-0.39, 0.29) is 23.8 Å². The molecular formula is C20H25N2O4+. The molecule has 6 nitrogen and oxygen atoms in total. The largest absolute Gasteiger partial charge is 0.490 e. The highest BCUT2D eigenvalue weighted by Crippen LogP contribution is 2.32. The van der Waals surface area contributed by atoms with Gasteiger partial charge in [0.2, 0.25) is 0 Å². The number of rotatable bonds is 3. The summed E-state index contributed by atoms with van der Waals surface area (Å²) in [5, 5.41) is 10.1. The highest BCUT2D eigenvalue weighted by atomic mass is 16.5. The summed E-state index contributed by atoms with van der Waals surface area (Å²) in [6.07, 6.45) is 5.74. The second kappa shape index (κ2) is 6.74. The van der Waals surface area contributed by atoms with Gasteiger partial charge in [-0.3, -0.25) is 4.79 Å². The van der Waals surface area contributed by atoms with Gasteiger partial charge in [0.05, 0.1) is 6.42 Å². The Balaban J connectivity index is 1.51. The molecule has 2 heterocycles. The maximum atomic E-state index is 12.7. The van der Waals surface area contributed by atoms with Crippen molar-refractivity contribution in [2.75, 3.05) is 0 Å². The minimum Gasteiger partial charge on any atom is -0.490 e. The van der Waals surface area contributed by atoms with E-state index < -0.39 is 6.04 Å².